The van der Waals surface area contributed by atoms with Crippen LogP contribution in [-0.2, 0) is 4.79 Å². The van der Waals surface area contributed by atoms with Crippen LogP contribution < -0.4 is 16.0 Å². The topological polar surface area (TPSA) is 88.1 Å². The minimum absolute atomic E-state index is 0.100. The van der Waals surface area contributed by atoms with Crippen LogP contribution in [0.5, 0.6) is 0 Å². The van der Waals surface area contributed by atoms with Crippen LogP contribution in [0.1, 0.15) is 6.92 Å². The van der Waals surface area contributed by atoms with E-state index in [0.29, 0.717) is 18.1 Å². The van der Waals surface area contributed by atoms with Crippen molar-refractivity contribution in [1.82, 2.24) is 14.9 Å². The molecule has 8 heteroatoms. The fourth-order valence-electron chi connectivity index (χ4n) is 3.39. The number of imidazole rings is 1. The van der Waals surface area contributed by atoms with E-state index < -0.39 is 0 Å². The number of aromatic nitrogens is 2. The van der Waals surface area contributed by atoms with Gasteiger partial charge in [0, 0.05) is 36.4 Å². The Morgan fingerprint density at radius 3 is 2.25 bits per heavy atom. The van der Waals surface area contributed by atoms with E-state index in [9.17, 15) is 9.59 Å². The fourth-order valence-corrected chi connectivity index (χ4v) is 3.48. The summed E-state index contributed by atoms with van der Waals surface area (Å²) in [6, 6.07) is 21.1. The van der Waals surface area contributed by atoms with Crippen molar-refractivity contribution < 1.29 is 9.59 Å². The Morgan fingerprint density at radius 1 is 0.906 bits per heavy atom. The van der Waals surface area contributed by atoms with E-state index in [1.165, 1.54) is 6.92 Å². The maximum absolute atomic E-state index is 11.7. The van der Waals surface area contributed by atoms with Crippen molar-refractivity contribution in [3.05, 3.63) is 73.1 Å². The van der Waals surface area contributed by atoms with E-state index in [2.05, 4.69) is 20.9 Å². The standard InChI is InChI=1S/C24H22ClN5O2/c1-16(31)28-19-7-9-21(10-8-19)30-15-27-22-14-18(4-11-23(22)30)17-2-5-20(6-3-17)29-24(32)26-13-12-25/h2-11,14-15H,12-13H2,1H3,(H,28,31)(H2,26,29,32). The molecular formula is C24H22ClN5O2. The number of nitrogens with one attached hydrogen (secondary N) is 3. The summed E-state index contributed by atoms with van der Waals surface area (Å²) in [6.07, 6.45) is 1.79. The number of urea groups is 1. The van der Waals surface area contributed by atoms with Crippen LogP contribution in [0.25, 0.3) is 27.8 Å². The van der Waals surface area contributed by atoms with Gasteiger partial charge in [0.15, 0.2) is 0 Å². The second kappa shape index (κ2) is 9.53. The molecule has 0 aliphatic heterocycles. The van der Waals surface area contributed by atoms with Crippen LogP contribution in [0.4, 0.5) is 16.2 Å². The molecule has 0 radical (unpaired) electrons. The number of carbonyl (C=O) groups excluding carboxylic acids is 2. The normalized spacial score (nSPS) is 10.7. The maximum Gasteiger partial charge on any atom is 0.319 e. The Labute approximate surface area is 190 Å². The predicted octanol–water partition coefficient (Wildman–Crippen LogP) is 5.01. The molecule has 3 aromatic carbocycles. The van der Waals surface area contributed by atoms with Gasteiger partial charge in [-0.05, 0) is 59.7 Å². The quantitative estimate of drug-likeness (QED) is 0.363. The molecule has 0 aliphatic carbocycles. The van der Waals surface area contributed by atoms with Crippen LogP contribution in [0.3, 0.4) is 0 Å². The van der Waals surface area contributed by atoms with E-state index in [-0.39, 0.29) is 11.9 Å². The first-order valence-corrected chi connectivity index (χ1v) is 10.6. The number of halogens is 1. The third-order valence-corrected chi connectivity index (χ3v) is 5.06. The number of nitrogens with zero attached hydrogens (tertiary/aromatic N) is 2. The van der Waals surface area contributed by atoms with Crippen molar-refractivity contribution in [2.45, 2.75) is 6.92 Å². The highest BCUT2D eigenvalue weighted by Gasteiger charge is 2.08. The van der Waals surface area contributed by atoms with E-state index in [1.54, 1.807) is 6.33 Å². The fraction of sp³-hybridized carbons (Fsp3) is 0.125. The summed E-state index contributed by atoms with van der Waals surface area (Å²) in [4.78, 5) is 27.5. The summed E-state index contributed by atoms with van der Waals surface area (Å²) in [6.45, 7) is 1.90. The van der Waals surface area contributed by atoms with Gasteiger partial charge in [-0.1, -0.05) is 18.2 Å². The Morgan fingerprint density at radius 2 is 1.56 bits per heavy atom. The highest BCUT2D eigenvalue weighted by molar-refractivity contribution is 6.18. The highest BCUT2D eigenvalue weighted by atomic mass is 35.5. The molecule has 0 saturated heterocycles. The van der Waals surface area contributed by atoms with Gasteiger partial charge in [0.1, 0.15) is 6.33 Å². The Balaban J connectivity index is 1.52. The van der Waals surface area contributed by atoms with Crippen molar-refractivity contribution in [2.75, 3.05) is 23.1 Å². The summed E-state index contributed by atoms with van der Waals surface area (Å²) >= 11 is 5.57. The second-order valence-electron chi connectivity index (χ2n) is 7.19. The summed E-state index contributed by atoms with van der Waals surface area (Å²) in [5.74, 6) is 0.268. The second-order valence-corrected chi connectivity index (χ2v) is 7.57. The van der Waals surface area contributed by atoms with Crippen molar-refractivity contribution in [3.8, 4) is 16.8 Å². The van der Waals surface area contributed by atoms with Crippen LogP contribution in [0, 0.1) is 0 Å². The zero-order chi connectivity index (χ0) is 22.5. The van der Waals surface area contributed by atoms with Crippen molar-refractivity contribution in [2.24, 2.45) is 0 Å². The van der Waals surface area contributed by atoms with Crippen LogP contribution in [0.15, 0.2) is 73.1 Å². The molecule has 1 aromatic heterocycles. The largest absolute Gasteiger partial charge is 0.337 e. The third kappa shape index (κ3) is 4.90. The number of rotatable bonds is 6. The number of benzene rings is 3. The Kier molecular flexibility index (Phi) is 6.37. The smallest absolute Gasteiger partial charge is 0.319 e. The lowest BCUT2D eigenvalue weighted by Crippen LogP contribution is -2.30. The number of alkyl halides is 1. The predicted molar refractivity (Wildman–Crippen MR) is 129 cm³/mol. The molecule has 0 bridgehead atoms. The summed E-state index contributed by atoms with van der Waals surface area (Å²) in [5.41, 5.74) is 6.31. The van der Waals surface area contributed by atoms with E-state index >= 15 is 0 Å². The van der Waals surface area contributed by atoms with Crippen molar-refractivity contribution in [3.63, 3.8) is 0 Å². The van der Waals surface area contributed by atoms with Gasteiger partial charge in [-0.2, -0.15) is 0 Å². The third-order valence-electron chi connectivity index (χ3n) is 4.87. The SMILES string of the molecule is CC(=O)Nc1ccc(-n2cnc3cc(-c4ccc(NC(=O)NCCCl)cc4)ccc32)cc1. The number of fused-ring (bicyclic) bond motifs is 1. The van der Waals surface area contributed by atoms with E-state index in [1.807, 2.05) is 71.3 Å². The molecule has 4 rings (SSSR count). The number of hydrogen-bond donors (Lipinski definition) is 3. The molecule has 32 heavy (non-hydrogen) atoms. The highest BCUT2D eigenvalue weighted by Crippen LogP contribution is 2.27. The lowest BCUT2D eigenvalue weighted by atomic mass is 10.0. The molecule has 0 saturated carbocycles. The Hall–Kier alpha value is -3.84. The number of amides is 3. The molecule has 0 unspecified atom stereocenters. The van der Waals surface area contributed by atoms with Gasteiger partial charge in [0.2, 0.25) is 5.91 Å². The molecule has 7 nitrogen and oxygen atoms in total. The van der Waals surface area contributed by atoms with Gasteiger partial charge in [0.25, 0.3) is 0 Å². The first-order valence-electron chi connectivity index (χ1n) is 10.1. The van der Waals surface area contributed by atoms with Gasteiger partial charge in [-0.15, -0.1) is 11.6 Å². The first-order chi connectivity index (χ1) is 15.5. The molecule has 1 heterocycles. The summed E-state index contributed by atoms with van der Waals surface area (Å²) in [5, 5.41) is 8.20. The molecular weight excluding hydrogens is 426 g/mol. The average molecular weight is 448 g/mol. The summed E-state index contributed by atoms with van der Waals surface area (Å²) < 4.78 is 2.00. The zero-order valence-corrected chi connectivity index (χ0v) is 18.2. The van der Waals surface area contributed by atoms with Crippen LogP contribution in [-0.4, -0.2) is 33.9 Å². The number of hydrogen-bond acceptors (Lipinski definition) is 3. The van der Waals surface area contributed by atoms with E-state index in [4.69, 9.17) is 11.6 Å². The molecule has 0 fully saturated rings. The van der Waals surface area contributed by atoms with Gasteiger partial charge in [-0.3, -0.25) is 9.36 Å². The van der Waals surface area contributed by atoms with Crippen LogP contribution >= 0.6 is 11.6 Å². The molecule has 3 amide bonds. The van der Waals surface area contributed by atoms with Gasteiger partial charge in [0.05, 0.1) is 11.0 Å². The monoisotopic (exact) mass is 447 g/mol. The molecule has 0 atom stereocenters. The molecule has 0 spiro atoms. The molecule has 162 valence electrons. The number of carbonyl (C=O) groups is 2. The molecule has 3 N–H and O–H groups in total. The van der Waals surface area contributed by atoms with Crippen LogP contribution in [0.2, 0.25) is 0 Å². The average Bonchev–Trinajstić information content (AvgIpc) is 3.21. The van der Waals surface area contributed by atoms with Gasteiger partial charge >= 0.3 is 6.03 Å². The van der Waals surface area contributed by atoms with E-state index in [0.717, 1.165) is 33.5 Å². The molecule has 4 aromatic rings. The van der Waals surface area contributed by atoms with Gasteiger partial charge in [-0.25, -0.2) is 9.78 Å². The van der Waals surface area contributed by atoms with Gasteiger partial charge < -0.3 is 16.0 Å². The lowest BCUT2D eigenvalue weighted by Gasteiger charge is -2.09. The Bertz CT molecular complexity index is 1250. The number of anilines is 2. The zero-order valence-electron chi connectivity index (χ0n) is 17.4. The van der Waals surface area contributed by atoms with Crippen molar-refractivity contribution >= 4 is 45.9 Å². The summed E-state index contributed by atoms with van der Waals surface area (Å²) in [7, 11) is 0. The minimum Gasteiger partial charge on any atom is -0.337 e. The van der Waals surface area contributed by atoms with Crippen molar-refractivity contribution in [1.29, 1.82) is 0 Å². The molecule has 0 aliphatic rings. The lowest BCUT2D eigenvalue weighted by molar-refractivity contribution is -0.114. The first kappa shape index (κ1) is 21.4. The maximum atomic E-state index is 11.7. The minimum atomic E-state index is -0.282.